The number of carbonyl (C=O) groups is 1. The maximum Gasteiger partial charge on any atom is 0.258 e. The minimum absolute atomic E-state index is 0.0757. The molecular formula is C13H18FNO2. The number of ether oxygens (including phenoxy) is 1. The Hall–Kier alpha value is -1.58. The van der Waals surface area contributed by atoms with Crippen molar-refractivity contribution >= 4 is 5.91 Å². The van der Waals surface area contributed by atoms with E-state index >= 15 is 0 Å². The molecule has 17 heavy (non-hydrogen) atoms. The van der Waals surface area contributed by atoms with Crippen LogP contribution >= 0.6 is 0 Å². The van der Waals surface area contributed by atoms with Crippen molar-refractivity contribution in [2.24, 2.45) is 5.92 Å². The van der Waals surface area contributed by atoms with Crippen LogP contribution in [0.25, 0.3) is 0 Å². The molecule has 0 radical (unpaired) electrons. The van der Waals surface area contributed by atoms with Crippen LogP contribution in [0.3, 0.4) is 0 Å². The first-order valence-corrected chi connectivity index (χ1v) is 5.67. The van der Waals surface area contributed by atoms with Crippen molar-refractivity contribution in [2.45, 2.75) is 26.8 Å². The Morgan fingerprint density at radius 3 is 2.59 bits per heavy atom. The third-order valence-electron chi connectivity index (χ3n) is 2.58. The van der Waals surface area contributed by atoms with Gasteiger partial charge in [-0.15, -0.1) is 0 Å². The molecule has 1 aromatic rings. The number of para-hydroxylation sites is 1. The van der Waals surface area contributed by atoms with E-state index in [0.717, 1.165) is 0 Å². The molecule has 0 saturated heterocycles. The second kappa shape index (κ2) is 6.23. The van der Waals surface area contributed by atoms with E-state index in [4.69, 9.17) is 4.74 Å². The number of benzene rings is 1. The average Bonchev–Trinajstić information content (AvgIpc) is 2.27. The number of hydrogen-bond donors (Lipinski definition) is 1. The maximum absolute atomic E-state index is 13.2. The van der Waals surface area contributed by atoms with Crippen LogP contribution in [0.4, 0.5) is 4.39 Å². The van der Waals surface area contributed by atoms with E-state index in [1.54, 1.807) is 12.1 Å². The number of nitrogens with one attached hydrogen (secondary N) is 1. The lowest BCUT2D eigenvalue weighted by Crippen LogP contribution is -2.39. The topological polar surface area (TPSA) is 38.3 Å². The fraction of sp³-hybridized carbons (Fsp3) is 0.462. The van der Waals surface area contributed by atoms with Crippen molar-refractivity contribution in [3.05, 3.63) is 30.1 Å². The molecule has 0 unspecified atom stereocenters. The molecule has 1 atom stereocenters. The van der Waals surface area contributed by atoms with Gasteiger partial charge in [0.05, 0.1) is 0 Å². The Morgan fingerprint density at radius 1 is 1.35 bits per heavy atom. The lowest BCUT2D eigenvalue weighted by atomic mass is 10.1. The van der Waals surface area contributed by atoms with Crippen molar-refractivity contribution in [1.82, 2.24) is 5.32 Å². The van der Waals surface area contributed by atoms with Crippen molar-refractivity contribution in [3.8, 4) is 5.75 Å². The second-order valence-corrected chi connectivity index (χ2v) is 4.32. The molecule has 0 bridgehead atoms. The van der Waals surface area contributed by atoms with Crippen molar-refractivity contribution in [2.75, 3.05) is 6.61 Å². The van der Waals surface area contributed by atoms with Crippen LogP contribution < -0.4 is 10.1 Å². The maximum atomic E-state index is 13.2. The van der Waals surface area contributed by atoms with E-state index in [-0.39, 0.29) is 24.3 Å². The zero-order valence-corrected chi connectivity index (χ0v) is 10.4. The summed E-state index contributed by atoms with van der Waals surface area (Å²) in [5, 5.41) is 2.78. The molecular weight excluding hydrogens is 221 g/mol. The Labute approximate surface area is 101 Å². The normalized spacial score (nSPS) is 12.3. The van der Waals surface area contributed by atoms with Gasteiger partial charge in [0.25, 0.3) is 5.91 Å². The summed E-state index contributed by atoms with van der Waals surface area (Å²) in [6.07, 6.45) is 0. The standard InChI is InChI=1S/C13H18FNO2/c1-9(2)10(3)15-13(16)8-17-12-7-5-4-6-11(12)14/h4-7,9-10H,8H2,1-3H3,(H,15,16)/t10-/m1/s1. The molecule has 1 rings (SSSR count). The van der Waals surface area contributed by atoms with Gasteiger partial charge in [-0.2, -0.15) is 0 Å². The summed E-state index contributed by atoms with van der Waals surface area (Å²) >= 11 is 0. The first-order valence-electron chi connectivity index (χ1n) is 5.67. The number of amides is 1. The fourth-order valence-corrected chi connectivity index (χ4v) is 1.17. The third kappa shape index (κ3) is 4.43. The van der Waals surface area contributed by atoms with Crippen LogP contribution in [-0.4, -0.2) is 18.6 Å². The SMILES string of the molecule is CC(C)[C@@H](C)NC(=O)COc1ccccc1F. The molecule has 0 heterocycles. The van der Waals surface area contributed by atoms with Crippen LogP contribution in [0.2, 0.25) is 0 Å². The number of carbonyl (C=O) groups excluding carboxylic acids is 1. The van der Waals surface area contributed by atoms with Gasteiger partial charge < -0.3 is 10.1 Å². The molecule has 1 amide bonds. The van der Waals surface area contributed by atoms with Crippen molar-refractivity contribution in [3.63, 3.8) is 0 Å². The Kier molecular flexibility index (Phi) is 4.94. The molecule has 0 saturated carbocycles. The first-order chi connectivity index (χ1) is 8.00. The lowest BCUT2D eigenvalue weighted by Gasteiger charge is -2.17. The molecule has 0 fully saturated rings. The van der Waals surface area contributed by atoms with Gasteiger partial charge in [-0.3, -0.25) is 4.79 Å². The van der Waals surface area contributed by atoms with Gasteiger partial charge in [-0.1, -0.05) is 26.0 Å². The predicted molar refractivity (Wildman–Crippen MR) is 64.3 cm³/mol. The highest BCUT2D eigenvalue weighted by molar-refractivity contribution is 5.77. The summed E-state index contributed by atoms with van der Waals surface area (Å²) in [5.41, 5.74) is 0. The Balaban J connectivity index is 2.41. The van der Waals surface area contributed by atoms with E-state index in [0.29, 0.717) is 5.92 Å². The average molecular weight is 239 g/mol. The van der Waals surface area contributed by atoms with E-state index in [9.17, 15) is 9.18 Å². The van der Waals surface area contributed by atoms with Crippen molar-refractivity contribution < 1.29 is 13.9 Å². The highest BCUT2D eigenvalue weighted by atomic mass is 19.1. The van der Waals surface area contributed by atoms with Crippen LogP contribution in [-0.2, 0) is 4.79 Å². The van der Waals surface area contributed by atoms with Crippen LogP contribution in [0.5, 0.6) is 5.75 Å². The van der Waals surface area contributed by atoms with E-state index in [2.05, 4.69) is 5.32 Å². The van der Waals surface area contributed by atoms with Gasteiger partial charge in [0.1, 0.15) is 0 Å². The van der Waals surface area contributed by atoms with Crippen LogP contribution in [0.1, 0.15) is 20.8 Å². The first kappa shape index (κ1) is 13.5. The minimum atomic E-state index is -0.461. The molecule has 1 aromatic carbocycles. The highest BCUT2D eigenvalue weighted by Gasteiger charge is 2.11. The van der Waals surface area contributed by atoms with Gasteiger partial charge in [0.2, 0.25) is 0 Å². The highest BCUT2D eigenvalue weighted by Crippen LogP contribution is 2.14. The van der Waals surface area contributed by atoms with E-state index in [1.807, 2.05) is 20.8 Å². The monoisotopic (exact) mass is 239 g/mol. The summed E-state index contributed by atoms with van der Waals surface area (Å²) < 4.78 is 18.3. The molecule has 1 N–H and O–H groups in total. The van der Waals surface area contributed by atoms with Gasteiger partial charge >= 0.3 is 0 Å². The summed E-state index contributed by atoms with van der Waals surface area (Å²) in [6, 6.07) is 6.10. The zero-order chi connectivity index (χ0) is 12.8. The number of hydrogen-bond acceptors (Lipinski definition) is 2. The summed E-state index contributed by atoms with van der Waals surface area (Å²) in [5.74, 6) is -0.251. The third-order valence-corrected chi connectivity index (χ3v) is 2.58. The molecule has 0 aliphatic rings. The number of rotatable bonds is 5. The number of halogens is 1. The Bertz CT molecular complexity index is 379. The van der Waals surface area contributed by atoms with Gasteiger partial charge in [-0.05, 0) is 25.0 Å². The summed E-state index contributed by atoms with van der Waals surface area (Å²) in [6.45, 7) is 5.79. The zero-order valence-electron chi connectivity index (χ0n) is 10.4. The molecule has 0 aliphatic heterocycles. The largest absolute Gasteiger partial charge is 0.481 e. The van der Waals surface area contributed by atoms with E-state index in [1.165, 1.54) is 12.1 Å². The van der Waals surface area contributed by atoms with Crippen molar-refractivity contribution in [1.29, 1.82) is 0 Å². The quantitative estimate of drug-likeness (QED) is 0.856. The summed E-state index contributed by atoms with van der Waals surface area (Å²) in [7, 11) is 0. The molecule has 4 heteroatoms. The fourth-order valence-electron chi connectivity index (χ4n) is 1.17. The lowest BCUT2D eigenvalue weighted by molar-refractivity contribution is -0.124. The second-order valence-electron chi connectivity index (χ2n) is 4.32. The predicted octanol–water partition coefficient (Wildman–Crippen LogP) is 2.37. The molecule has 3 nitrogen and oxygen atoms in total. The molecule has 0 aromatic heterocycles. The van der Waals surface area contributed by atoms with Crippen LogP contribution in [0, 0.1) is 11.7 Å². The summed E-state index contributed by atoms with van der Waals surface area (Å²) in [4.78, 5) is 11.5. The Morgan fingerprint density at radius 2 is 2.00 bits per heavy atom. The molecule has 0 aliphatic carbocycles. The van der Waals surface area contributed by atoms with Gasteiger partial charge in [-0.25, -0.2) is 4.39 Å². The van der Waals surface area contributed by atoms with Gasteiger partial charge in [0, 0.05) is 6.04 Å². The smallest absolute Gasteiger partial charge is 0.258 e. The molecule has 94 valence electrons. The van der Waals surface area contributed by atoms with E-state index < -0.39 is 5.82 Å². The van der Waals surface area contributed by atoms with Crippen LogP contribution in [0.15, 0.2) is 24.3 Å². The van der Waals surface area contributed by atoms with Gasteiger partial charge in [0.15, 0.2) is 18.2 Å². The minimum Gasteiger partial charge on any atom is -0.481 e. The molecule has 0 spiro atoms.